The first-order valence-corrected chi connectivity index (χ1v) is 9.87. The molecule has 0 saturated heterocycles. The van der Waals surface area contributed by atoms with Gasteiger partial charge < -0.3 is 13.7 Å². The molecule has 0 aliphatic carbocycles. The molecule has 0 atom stereocenters. The number of rotatable bonds is 6. The smallest absolute Gasteiger partial charge is 0.266 e. The van der Waals surface area contributed by atoms with E-state index in [4.69, 9.17) is 8.83 Å². The zero-order chi connectivity index (χ0) is 20.5. The highest BCUT2D eigenvalue weighted by molar-refractivity contribution is 7.89. The van der Waals surface area contributed by atoms with E-state index in [0.717, 1.165) is 5.56 Å². The lowest BCUT2D eigenvalue weighted by molar-refractivity contribution is 0.460. The molecule has 0 spiro atoms. The van der Waals surface area contributed by atoms with Crippen LogP contribution in [0.15, 0.2) is 50.1 Å². The van der Waals surface area contributed by atoms with Gasteiger partial charge in [-0.05, 0) is 12.5 Å². The van der Waals surface area contributed by atoms with Crippen LogP contribution in [-0.2, 0) is 16.6 Å². The van der Waals surface area contributed by atoms with Gasteiger partial charge in [0.15, 0.2) is 5.76 Å². The first-order chi connectivity index (χ1) is 13.2. The fourth-order valence-electron chi connectivity index (χ4n) is 2.71. The predicted molar refractivity (Wildman–Crippen MR) is 103 cm³/mol. The van der Waals surface area contributed by atoms with E-state index in [1.807, 2.05) is 36.4 Å². The predicted octanol–water partition coefficient (Wildman–Crippen LogP) is 3.00. The summed E-state index contributed by atoms with van der Waals surface area (Å²) >= 11 is 0. The molecule has 2 heterocycles. The Morgan fingerprint density at radius 2 is 1.82 bits per heavy atom. The number of hydrogen-bond acceptors (Lipinski definition) is 7. The molecule has 0 fully saturated rings. The summed E-state index contributed by atoms with van der Waals surface area (Å²) in [7, 11) is 1.16. The van der Waals surface area contributed by atoms with E-state index in [-0.39, 0.29) is 40.4 Å². The topological polar surface area (TPSA) is 104 Å². The molecule has 0 unspecified atom stereocenters. The second-order valence-electron chi connectivity index (χ2n) is 6.46. The van der Waals surface area contributed by atoms with Crippen molar-refractivity contribution in [1.82, 2.24) is 9.29 Å². The first kappa shape index (κ1) is 19.7. The Morgan fingerprint density at radius 1 is 1.14 bits per heavy atom. The Balaban J connectivity index is 1.94. The lowest BCUT2D eigenvalue weighted by Crippen LogP contribution is -2.26. The lowest BCUT2D eigenvalue weighted by Gasteiger charge is -2.16. The summed E-state index contributed by atoms with van der Waals surface area (Å²) in [6.45, 7) is 1.79. The molecule has 0 radical (unpaired) electrons. The van der Waals surface area contributed by atoms with Gasteiger partial charge in [0, 0.05) is 33.8 Å². The average Bonchev–Trinajstić information content (AvgIpc) is 3.26. The minimum absolute atomic E-state index is 0.0315. The van der Waals surface area contributed by atoms with Crippen molar-refractivity contribution >= 4 is 15.9 Å². The number of aryl methyl sites for hydroxylation is 1. The maximum absolute atomic E-state index is 13.0. The summed E-state index contributed by atoms with van der Waals surface area (Å²) in [5.74, 6) is 0.694. The van der Waals surface area contributed by atoms with Crippen molar-refractivity contribution in [3.63, 3.8) is 0 Å². The van der Waals surface area contributed by atoms with E-state index >= 15 is 0 Å². The Hall–Kier alpha value is -3.09. The summed E-state index contributed by atoms with van der Waals surface area (Å²) < 4.78 is 38.4. The van der Waals surface area contributed by atoms with Crippen LogP contribution in [0.4, 0.5) is 5.88 Å². The van der Waals surface area contributed by atoms with E-state index < -0.39 is 10.0 Å². The number of anilines is 1. The zero-order valence-corrected chi connectivity index (χ0v) is 16.8. The zero-order valence-electron chi connectivity index (χ0n) is 16.0. The largest absolute Gasteiger partial charge is 0.455 e. The average molecular weight is 400 g/mol. The van der Waals surface area contributed by atoms with E-state index in [1.165, 1.54) is 17.4 Å². The van der Waals surface area contributed by atoms with Crippen LogP contribution in [0.5, 0.6) is 0 Å². The van der Waals surface area contributed by atoms with E-state index in [2.05, 4.69) is 4.98 Å². The van der Waals surface area contributed by atoms with Gasteiger partial charge in [-0.2, -0.15) is 14.6 Å². The molecule has 9 heteroatoms. The minimum atomic E-state index is -3.79. The fourth-order valence-corrected chi connectivity index (χ4v) is 4.03. The molecule has 0 bridgehead atoms. The van der Waals surface area contributed by atoms with Gasteiger partial charge in [0.25, 0.3) is 5.89 Å². The highest BCUT2D eigenvalue weighted by Crippen LogP contribution is 2.32. The Morgan fingerprint density at radius 3 is 2.39 bits per heavy atom. The maximum atomic E-state index is 13.0. The van der Waals surface area contributed by atoms with Crippen LogP contribution in [0.1, 0.15) is 17.0 Å². The van der Waals surface area contributed by atoms with Crippen molar-refractivity contribution in [2.75, 3.05) is 26.0 Å². The molecule has 0 N–H and O–H groups in total. The number of aromatic nitrogens is 1. The van der Waals surface area contributed by atoms with Gasteiger partial charge in [-0.15, -0.1) is 0 Å². The van der Waals surface area contributed by atoms with Crippen LogP contribution >= 0.6 is 0 Å². The van der Waals surface area contributed by atoms with Crippen LogP contribution in [0.25, 0.3) is 11.7 Å². The van der Waals surface area contributed by atoms with Gasteiger partial charge in [-0.25, -0.2) is 8.42 Å². The maximum Gasteiger partial charge on any atom is 0.266 e. The molecule has 3 rings (SSSR count). The number of hydrogen-bond donors (Lipinski definition) is 0. The number of nitrogens with zero attached hydrogens (tertiary/aromatic N) is 4. The standard InChI is InChI=1S/C19H20N4O4S/c1-13-17(28(24,25)23(4)12-14-8-6-5-7-9-14)10-16(26-13)18-21-15(11-20)19(27-18)22(2)3/h5-10H,12H2,1-4H3. The summed E-state index contributed by atoms with van der Waals surface area (Å²) in [6, 6.07) is 12.6. The van der Waals surface area contributed by atoms with Crippen molar-refractivity contribution in [1.29, 1.82) is 5.26 Å². The van der Waals surface area contributed by atoms with E-state index in [1.54, 1.807) is 25.9 Å². The van der Waals surface area contributed by atoms with Gasteiger partial charge in [-0.1, -0.05) is 30.3 Å². The Bertz CT molecular complexity index is 1120. The third-order valence-electron chi connectivity index (χ3n) is 4.14. The molecule has 8 nitrogen and oxygen atoms in total. The van der Waals surface area contributed by atoms with Crippen LogP contribution in [-0.4, -0.2) is 38.9 Å². The molecule has 3 aromatic rings. The first-order valence-electron chi connectivity index (χ1n) is 8.43. The molecular weight excluding hydrogens is 380 g/mol. The quantitative estimate of drug-likeness (QED) is 0.626. The lowest BCUT2D eigenvalue weighted by atomic mass is 10.2. The van der Waals surface area contributed by atoms with Crippen LogP contribution in [0.2, 0.25) is 0 Å². The molecule has 0 aliphatic heterocycles. The molecule has 2 aromatic heterocycles. The molecule has 28 heavy (non-hydrogen) atoms. The van der Waals surface area contributed by atoms with Gasteiger partial charge in [-0.3, -0.25) is 0 Å². The van der Waals surface area contributed by atoms with Crippen molar-refractivity contribution in [2.45, 2.75) is 18.4 Å². The van der Waals surface area contributed by atoms with Gasteiger partial charge in [0.1, 0.15) is 16.7 Å². The number of furan rings is 1. The van der Waals surface area contributed by atoms with Gasteiger partial charge >= 0.3 is 0 Å². The Kier molecular flexibility index (Phi) is 5.27. The summed E-state index contributed by atoms with van der Waals surface area (Å²) in [6.07, 6.45) is 0. The number of benzene rings is 1. The van der Waals surface area contributed by atoms with Crippen LogP contribution < -0.4 is 4.90 Å². The SMILES string of the molecule is Cc1oc(-c2nc(C#N)c(N(C)C)o2)cc1S(=O)(=O)N(C)Cc1ccccc1. The Labute approximate surface area is 163 Å². The van der Waals surface area contributed by atoms with Crippen LogP contribution in [0, 0.1) is 18.3 Å². The molecule has 0 aliphatic rings. The van der Waals surface area contributed by atoms with Crippen molar-refractivity contribution in [2.24, 2.45) is 0 Å². The van der Waals surface area contributed by atoms with E-state index in [9.17, 15) is 13.7 Å². The molecular formula is C19H20N4O4S. The molecule has 1 aromatic carbocycles. The highest BCUT2D eigenvalue weighted by atomic mass is 32.2. The number of oxazole rings is 1. The van der Waals surface area contributed by atoms with Gasteiger partial charge in [0.05, 0.1) is 0 Å². The van der Waals surface area contributed by atoms with E-state index in [0.29, 0.717) is 0 Å². The second-order valence-corrected chi connectivity index (χ2v) is 8.47. The molecule has 0 amide bonds. The monoisotopic (exact) mass is 400 g/mol. The number of nitriles is 1. The number of sulfonamides is 1. The van der Waals surface area contributed by atoms with Crippen molar-refractivity contribution in [3.8, 4) is 17.7 Å². The third-order valence-corrected chi connectivity index (χ3v) is 6.05. The summed E-state index contributed by atoms with van der Waals surface area (Å²) in [5, 5.41) is 9.20. The molecule has 146 valence electrons. The third kappa shape index (κ3) is 3.65. The minimum Gasteiger partial charge on any atom is -0.455 e. The second kappa shape index (κ2) is 7.50. The summed E-state index contributed by atoms with van der Waals surface area (Å²) in [4.78, 5) is 5.74. The normalized spacial score (nSPS) is 11.6. The van der Waals surface area contributed by atoms with Crippen LogP contribution in [0.3, 0.4) is 0 Å². The summed E-state index contributed by atoms with van der Waals surface area (Å²) in [5.41, 5.74) is 0.969. The fraction of sp³-hybridized carbons (Fsp3) is 0.263. The molecule has 0 saturated carbocycles. The van der Waals surface area contributed by atoms with Gasteiger partial charge in [0.2, 0.25) is 21.6 Å². The van der Waals surface area contributed by atoms with Crippen molar-refractivity contribution in [3.05, 3.63) is 53.4 Å². The highest BCUT2D eigenvalue weighted by Gasteiger charge is 2.28. The van der Waals surface area contributed by atoms with Crippen molar-refractivity contribution < 1.29 is 17.3 Å².